The number of carbonyl (C=O) groups excluding carboxylic acids is 1. The fourth-order valence-electron chi connectivity index (χ4n) is 1.85. The molecule has 0 radical (unpaired) electrons. The van der Waals surface area contributed by atoms with Crippen LogP contribution in [0, 0.1) is 0 Å². The zero-order valence-electron chi connectivity index (χ0n) is 11.5. The highest BCUT2D eigenvalue weighted by Gasteiger charge is 2.06. The van der Waals surface area contributed by atoms with Crippen molar-refractivity contribution in [3.8, 4) is 5.75 Å². The number of nitrogens with two attached hydrogens (primary N) is 1. The van der Waals surface area contributed by atoms with Gasteiger partial charge in [-0.2, -0.15) is 0 Å². The first-order valence-electron chi connectivity index (χ1n) is 6.65. The molecule has 0 aromatic heterocycles. The molecule has 1 amide bonds. The second-order valence-corrected chi connectivity index (χ2v) is 5.36. The molecule has 3 N–H and O–H groups in total. The van der Waals surface area contributed by atoms with Crippen molar-refractivity contribution in [1.29, 1.82) is 0 Å². The molecule has 2 aromatic carbocycles. The lowest BCUT2D eigenvalue weighted by Crippen LogP contribution is -2.20. The molecule has 0 aliphatic heterocycles. The fourth-order valence-corrected chi connectivity index (χ4v) is 2.39. The molecule has 0 spiro atoms. The Hall–Kier alpha value is -1.85. The number of benzene rings is 2. The molecule has 2 rings (SSSR count). The van der Waals surface area contributed by atoms with Crippen LogP contribution in [0.4, 0.5) is 5.69 Å². The van der Waals surface area contributed by atoms with E-state index in [1.54, 1.807) is 0 Å². The lowest BCUT2D eigenvalue weighted by Gasteiger charge is -2.10. The van der Waals surface area contributed by atoms with E-state index in [9.17, 15) is 4.79 Å². The van der Waals surface area contributed by atoms with Crippen molar-refractivity contribution >= 4 is 27.5 Å². The van der Waals surface area contributed by atoms with E-state index in [1.807, 2.05) is 48.5 Å². The van der Waals surface area contributed by atoms with Crippen LogP contribution in [-0.2, 0) is 11.2 Å². The second kappa shape index (κ2) is 7.81. The van der Waals surface area contributed by atoms with Gasteiger partial charge < -0.3 is 15.8 Å². The summed E-state index contributed by atoms with van der Waals surface area (Å²) in [4.78, 5) is 11.8. The summed E-state index contributed by atoms with van der Waals surface area (Å²) in [6.45, 7) is 0.565. The van der Waals surface area contributed by atoms with Gasteiger partial charge in [0.2, 0.25) is 0 Å². The number of ether oxygens (including phenoxy) is 1. The summed E-state index contributed by atoms with van der Waals surface area (Å²) in [5, 5.41) is 2.77. The maximum absolute atomic E-state index is 11.8. The Morgan fingerprint density at radius 3 is 2.62 bits per heavy atom. The van der Waals surface area contributed by atoms with Gasteiger partial charge in [-0.05, 0) is 58.7 Å². The number of anilines is 1. The predicted molar refractivity (Wildman–Crippen MR) is 87.5 cm³/mol. The highest BCUT2D eigenvalue weighted by molar-refractivity contribution is 9.10. The Labute approximate surface area is 132 Å². The van der Waals surface area contributed by atoms with Crippen LogP contribution in [0.1, 0.15) is 5.56 Å². The summed E-state index contributed by atoms with van der Waals surface area (Å²) in [5.74, 6) is 0.443. The van der Waals surface area contributed by atoms with Crippen LogP contribution >= 0.6 is 15.9 Å². The van der Waals surface area contributed by atoms with Crippen molar-refractivity contribution in [3.63, 3.8) is 0 Å². The number of halogens is 1. The van der Waals surface area contributed by atoms with Gasteiger partial charge in [0.25, 0.3) is 5.91 Å². The van der Waals surface area contributed by atoms with Crippen molar-refractivity contribution in [1.82, 2.24) is 0 Å². The second-order valence-electron chi connectivity index (χ2n) is 4.51. The van der Waals surface area contributed by atoms with Crippen LogP contribution in [0.3, 0.4) is 0 Å². The molecule has 4 nitrogen and oxygen atoms in total. The monoisotopic (exact) mass is 348 g/mol. The SMILES string of the molecule is NCCc1ccc(OCC(=O)Nc2ccccc2)c(Br)c1. The molecule has 0 fully saturated rings. The van der Waals surface area contributed by atoms with Gasteiger partial charge in [-0.25, -0.2) is 0 Å². The van der Waals surface area contributed by atoms with Crippen LogP contribution < -0.4 is 15.8 Å². The number of carbonyl (C=O) groups is 1. The van der Waals surface area contributed by atoms with Gasteiger partial charge in [-0.3, -0.25) is 4.79 Å². The third-order valence-electron chi connectivity index (χ3n) is 2.85. The number of rotatable bonds is 6. The van der Waals surface area contributed by atoms with E-state index in [2.05, 4.69) is 21.2 Å². The quantitative estimate of drug-likeness (QED) is 0.843. The number of nitrogens with one attached hydrogen (secondary N) is 1. The van der Waals surface area contributed by atoms with Crippen molar-refractivity contribution in [3.05, 3.63) is 58.6 Å². The van der Waals surface area contributed by atoms with Crippen LogP contribution in [0.2, 0.25) is 0 Å². The molecule has 0 aliphatic rings. The number of amides is 1. The molecule has 0 bridgehead atoms. The van der Waals surface area contributed by atoms with Gasteiger partial charge in [-0.1, -0.05) is 24.3 Å². The topological polar surface area (TPSA) is 64.3 Å². The maximum atomic E-state index is 11.8. The first-order valence-corrected chi connectivity index (χ1v) is 7.44. The highest BCUT2D eigenvalue weighted by Crippen LogP contribution is 2.26. The van der Waals surface area contributed by atoms with Gasteiger partial charge in [0.15, 0.2) is 6.61 Å². The summed E-state index contributed by atoms with van der Waals surface area (Å²) >= 11 is 3.44. The Morgan fingerprint density at radius 2 is 1.95 bits per heavy atom. The third kappa shape index (κ3) is 4.88. The molecule has 0 saturated carbocycles. The highest BCUT2D eigenvalue weighted by atomic mass is 79.9. The van der Waals surface area contributed by atoms with E-state index in [1.165, 1.54) is 0 Å². The molecule has 21 heavy (non-hydrogen) atoms. The number of hydrogen-bond acceptors (Lipinski definition) is 3. The van der Waals surface area contributed by atoms with Gasteiger partial charge >= 0.3 is 0 Å². The summed E-state index contributed by atoms with van der Waals surface area (Å²) in [7, 11) is 0. The van der Waals surface area contributed by atoms with Crippen molar-refractivity contribution < 1.29 is 9.53 Å². The van der Waals surface area contributed by atoms with E-state index >= 15 is 0 Å². The van der Waals surface area contributed by atoms with Gasteiger partial charge in [0.05, 0.1) is 4.47 Å². The van der Waals surface area contributed by atoms with Crippen molar-refractivity contribution in [2.45, 2.75) is 6.42 Å². The predicted octanol–water partition coefficient (Wildman–Crippen LogP) is 2.97. The van der Waals surface area contributed by atoms with Gasteiger partial charge in [-0.15, -0.1) is 0 Å². The largest absolute Gasteiger partial charge is 0.483 e. The van der Waals surface area contributed by atoms with E-state index in [4.69, 9.17) is 10.5 Å². The molecule has 0 aliphatic carbocycles. The maximum Gasteiger partial charge on any atom is 0.262 e. The molecule has 110 valence electrons. The molecule has 0 unspecified atom stereocenters. The average Bonchev–Trinajstić information content (AvgIpc) is 2.48. The molecule has 5 heteroatoms. The summed E-state index contributed by atoms with van der Waals surface area (Å²) in [6.07, 6.45) is 0.813. The molecular formula is C16H17BrN2O2. The Balaban J connectivity index is 1.89. The van der Waals surface area contributed by atoms with Gasteiger partial charge in [0.1, 0.15) is 5.75 Å². The lowest BCUT2D eigenvalue weighted by atomic mass is 10.1. The molecule has 0 heterocycles. The first kappa shape index (κ1) is 15.5. The van der Waals surface area contributed by atoms with E-state index < -0.39 is 0 Å². The van der Waals surface area contributed by atoms with E-state index in [0.717, 1.165) is 22.1 Å². The smallest absolute Gasteiger partial charge is 0.262 e. The fraction of sp³-hybridized carbons (Fsp3) is 0.188. The minimum atomic E-state index is -0.195. The average molecular weight is 349 g/mol. The molecule has 0 saturated heterocycles. The minimum Gasteiger partial charge on any atom is -0.483 e. The van der Waals surface area contributed by atoms with Crippen LogP contribution in [-0.4, -0.2) is 19.1 Å². The van der Waals surface area contributed by atoms with Crippen molar-refractivity contribution in [2.75, 3.05) is 18.5 Å². The van der Waals surface area contributed by atoms with Crippen molar-refractivity contribution in [2.24, 2.45) is 5.73 Å². The minimum absolute atomic E-state index is 0.0380. The lowest BCUT2D eigenvalue weighted by molar-refractivity contribution is -0.118. The number of hydrogen-bond donors (Lipinski definition) is 2. The molecule has 0 atom stereocenters. The zero-order chi connectivity index (χ0) is 15.1. The van der Waals surface area contributed by atoms with Crippen LogP contribution in [0.15, 0.2) is 53.0 Å². The standard InChI is InChI=1S/C16H17BrN2O2/c17-14-10-12(8-9-18)6-7-15(14)21-11-16(20)19-13-4-2-1-3-5-13/h1-7,10H,8-9,11,18H2,(H,19,20). The molecular weight excluding hydrogens is 332 g/mol. The summed E-state index contributed by atoms with van der Waals surface area (Å²) in [6, 6.07) is 15.0. The first-order chi connectivity index (χ1) is 10.2. The normalized spacial score (nSPS) is 10.2. The van der Waals surface area contributed by atoms with E-state index in [0.29, 0.717) is 12.3 Å². The third-order valence-corrected chi connectivity index (χ3v) is 3.47. The number of para-hydroxylation sites is 1. The summed E-state index contributed by atoms with van der Waals surface area (Å²) < 4.78 is 6.33. The van der Waals surface area contributed by atoms with Crippen LogP contribution in [0.5, 0.6) is 5.75 Å². The molecule has 2 aromatic rings. The zero-order valence-corrected chi connectivity index (χ0v) is 13.1. The Bertz CT molecular complexity index is 602. The Morgan fingerprint density at radius 1 is 1.19 bits per heavy atom. The van der Waals surface area contributed by atoms with Crippen LogP contribution in [0.25, 0.3) is 0 Å². The van der Waals surface area contributed by atoms with Gasteiger partial charge in [0, 0.05) is 5.69 Å². The summed E-state index contributed by atoms with van der Waals surface area (Å²) in [5.41, 5.74) is 7.40. The van der Waals surface area contributed by atoms with E-state index in [-0.39, 0.29) is 12.5 Å². The Kier molecular flexibility index (Phi) is 5.78.